The van der Waals surface area contributed by atoms with E-state index in [0.717, 1.165) is 23.3 Å². The predicted molar refractivity (Wildman–Crippen MR) is 86.9 cm³/mol. The molecule has 2 aromatic rings. The maximum absolute atomic E-state index is 9.58. The van der Waals surface area contributed by atoms with Crippen molar-refractivity contribution in [2.75, 3.05) is 13.7 Å². The Labute approximate surface area is 132 Å². The number of hydrogen-bond acceptors (Lipinski definition) is 3. The lowest BCUT2D eigenvalue weighted by molar-refractivity contribution is 0.0954. The van der Waals surface area contributed by atoms with E-state index in [0.29, 0.717) is 6.61 Å². The van der Waals surface area contributed by atoms with E-state index in [1.165, 1.54) is 0 Å². The number of nitrogens with zero attached hydrogens (tertiary/aromatic N) is 1. The maximum atomic E-state index is 9.58. The van der Waals surface area contributed by atoms with E-state index in [1.807, 2.05) is 61.5 Å². The molecule has 0 fully saturated rings. The van der Waals surface area contributed by atoms with Crippen LogP contribution in [0.2, 0.25) is 0 Å². The Morgan fingerprint density at radius 2 is 1.73 bits per heavy atom. The molecule has 0 aliphatic rings. The fraction of sp³-hybridized carbons (Fsp3) is 0.316. The number of methoxy groups -OCH3 is 1. The third-order valence-electron chi connectivity index (χ3n) is 3.68. The number of benzene rings is 2. The van der Waals surface area contributed by atoms with Crippen molar-refractivity contribution in [1.29, 1.82) is 5.26 Å². The standard InChI is InChI=1S/C19H21NO2/c1-15(21-2)12-13-22-19-11-7-6-10-17(19)18(14-20)16-8-4-3-5-9-16/h3-11,15,18H,12-13H2,1-2H3. The van der Waals surface area contributed by atoms with Crippen LogP contribution in [0, 0.1) is 11.3 Å². The summed E-state index contributed by atoms with van der Waals surface area (Å²) in [6.45, 7) is 2.58. The number of nitriles is 1. The summed E-state index contributed by atoms with van der Waals surface area (Å²) >= 11 is 0. The van der Waals surface area contributed by atoms with Crippen LogP contribution in [0.1, 0.15) is 30.4 Å². The summed E-state index contributed by atoms with van der Waals surface area (Å²) in [5, 5.41) is 9.58. The Morgan fingerprint density at radius 1 is 1.05 bits per heavy atom. The van der Waals surface area contributed by atoms with Crippen molar-refractivity contribution >= 4 is 0 Å². The highest BCUT2D eigenvalue weighted by atomic mass is 16.5. The van der Waals surface area contributed by atoms with Crippen LogP contribution in [0.5, 0.6) is 5.75 Å². The molecule has 0 saturated carbocycles. The third kappa shape index (κ3) is 4.09. The van der Waals surface area contributed by atoms with Crippen LogP contribution in [0.4, 0.5) is 0 Å². The number of para-hydroxylation sites is 1. The molecule has 0 spiro atoms. The second-order valence-corrected chi connectivity index (χ2v) is 5.19. The van der Waals surface area contributed by atoms with E-state index in [4.69, 9.17) is 9.47 Å². The second-order valence-electron chi connectivity index (χ2n) is 5.19. The second kappa shape index (κ2) is 8.21. The summed E-state index contributed by atoms with van der Waals surface area (Å²) < 4.78 is 11.1. The van der Waals surface area contributed by atoms with E-state index < -0.39 is 0 Å². The molecule has 3 nitrogen and oxygen atoms in total. The lowest BCUT2D eigenvalue weighted by Gasteiger charge is -2.16. The molecule has 22 heavy (non-hydrogen) atoms. The van der Waals surface area contributed by atoms with Gasteiger partial charge >= 0.3 is 0 Å². The van der Waals surface area contributed by atoms with Gasteiger partial charge in [-0.15, -0.1) is 0 Å². The Balaban J connectivity index is 2.18. The van der Waals surface area contributed by atoms with Crippen molar-refractivity contribution in [2.45, 2.75) is 25.4 Å². The van der Waals surface area contributed by atoms with Gasteiger partial charge in [-0.25, -0.2) is 0 Å². The van der Waals surface area contributed by atoms with Gasteiger partial charge < -0.3 is 9.47 Å². The summed E-state index contributed by atoms with van der Waals surface area (Å²) in [6.07, 6.45) is 0.973. The van der Waals surface area contributed by atoms with Crippen molar-refractivity contribution in [3.05, 3.63) is 65.7 Å². The minimum atomic E-state index is -0.322. The highest BCUT2D eigenvalue weighted by molar-refractivity contribution is 5.45. The molecule has 114 valence electrons. The zero-order chi connectivity index (χ0) is 15.8. The van der Waals surface area contributed by atoms with Gasteiger partial charge in [-0.3, -0.25) is 0 Å². The molecule has 3 heteroatoms. The molecule has 0 bridgehead atoms. The van der Waals surface area contributed by atoms with Gasteiger partial charge in [-0.05, 0) is 18.6 Å². The van der Waals surface area contributed by atoms with Crippen molar-refractivity contribution in [1.82, 2.24) is 0 Å². The summed E-state index contributed by atoms with van der Waals surface area (Å²) in [5.74, 6) is 0.443. The van der Waals surface area contributed by atoms with Gasteiger partial charge in [-0.2, -0.15) is 5.26 Å². The van der Waals surface area contributed by atoms with E-state index >= 15 is 0 Å². The van der Waals surface area contributed by atoms with E-state index in [1.54, 1.807) is 7.11 Å². The smallest absolute Gasteiger partial charge is 0.124 e. The van der Waals surface area contributed by atoms with Gasteiger partial charge in [0.05, 0.1) is 24.7 Å². The van der Waals surface area contributed by atoms with Crippen molar-refractivity contribution in [3.63, 3.8) is 0 Å². The highest BCUT2D eigenvalue weighted by Crippen LogP contribution is 2.31. The molecule has 0 heterocycles. The van der Waals surface area contributed by atoms with Crippen LogP contribution in [-0.2, 0) is 4.74 Å². The predicted octanol–water partition coefficient (Wildman–Crippen LogP) is 4.15. The first-order chi connectivity index (χ1) is 10.8. The normalized spacial score (nSPS) is 13.1. The molecule has 0 amide bonds. The monoisotopic (exact) mass is 295 g/mol. The largest absolute Gasteiger partial charge is 0.493 e. The van der Waals surface area contributed by atoms with Crippen LogP contribution in [-0.4, -0.2) is 19.8 Å². The fourth-order valence-electron chi connectivity index (χ4n) is 2.27. The minimum absolute atomic E-state index is 0.160. The van der Waals surface area contributed by atoms with E-state index in [-0.39, 0.29) is 12.0 Å². The number of ether oxygens (including phenoxy) is 2. The summed E-state index contributed by atoms with van der Waals surface area (Å²) in [7, 11) is 1.69. The molecule has 2 aromatic carbocycles. The third-order valence-corrected chi connectivity index (χ3v) is 3.68. The van der Waals surface area contributed by atoms with Crippen molar-refractivity contribution in [3.8, 4) is 11.8 Å². The first-order valence-electron chi connectivity index (χ1n) is 7.45. The first-order valence-corrected chi connectivity index (χ1v) is 7.45. The zero-order valence-electron chi connectivity index (χ0n) is 13.0. The summed E-state index contributed by atoms with van der Waals surface area (Å²) in [5.41, 5.74) is 1.88. The molecule has 0 N–H and O–H groups in total. The Bertz CT molecular complexity index is 619. The summed E-state index contributed by atoms with van der Waals surface area (Å²) in [6, 6.07) is 19.9. The van der Waals surface area contributed by atoms with Gasteiger partial charge in [0.15, 0.2) is 0 Å². The maximum Gasteiger partial charge on any atom is 0.124 e. The minimum Gasteiger partial charge on any atom is -0.493 e. The van der Waals surface area contributed by atoms with Crippen LogP contribution in [0.15, 0.2) is 54.6 Å². The van der Waals surface area contributed by atoms with Crippen molar-refractivity contribution in [2.24, 2.45) is 0 Å². The Hall–Kier alpha value is -2.31. The topological polar surface area (TPSA) is 42.2 Å². The first kappa shape index (κ1) is 16.1. The molecular weight excluding hydrogens is 274 g/mol. The van der Waals surface area contributed by atoms with E-state index in [9.17, 15) is 5.26 Å². The fourth-order valence-corrected chi connectivity index (χ4v) is 2.27. The molecule has 0 radical (unpaired) electrons. The zero-order valence-corrected chi connectivity index (χ0v) is 13.0. The van der Waals surface area contributed by atoms with Gasteiger partial charge in [-0.1, -0.05) is 48.5 Å². The van der Waals surface area contributed by atoms with Crippen molar-refractivity contribution < 1.29 is 9.47 Å². The molecule has 0 aliphatic heterocycles. The average molecular weight is 295 g/mol. The molecule has 2 rings (SSSR count). The van der Waals surface area contributed by atoms with Crippen LogP contribution in [0.3, 0.4) is 0 Å². The number of rotatable bonds is 7. The van der Waals surface area contributed by atoms with Gasteiger partial charge in [0.2, 0.25) is 0 Å². The van der Waals surface area contributed by atoms with Gasteiger partial charge in [0.1, 0.15) is 5.75 Å². The number of hydrogen-bond donors (Lipinski definition) is 0. The summed E-state index contributed by atoms with van der Waals surface area (Å²) in [4.78, 5) is 0. The molecule has 0 aromatic heterocycles. The van der Waals surface area contributed by atoms with Crippen LogP contribution >= 0.6 is 0 Å². The molecule has 2 unspecified atom stereocenters. The SMILES string of the molecule is COC(C)CCOc1ccccc1C(C#N)c1ccccc1. The molecule has 0 saturated heterocycles. The quantitative estimate of drug-likeness (QED) is 0.770. The van der Waals surface area contributed by atoms with Gasteiger partial charge in [0, 0.05) is 19.1 Å². The molecular formula is C19H21NO2. The lowest BCUT2D eigenvalue weighted by atomic mass is 9.92. The molecule has 0 aliphatic carbocycles. The Kier molecular flexibility index (Phi) is 6.00. The van der Waals surface area contributed by atoms with E-state index in [2.05, 4.69) is 6.07 Å². The average Bonchev–Trinajstić information content (AvgIpc) is 2.57. The molecule has 2 atom stereocenters. The Morgan fingerprint density at radius 3 is 2.41 bits per heavy atom. The van der Waals surface area contributed by atoms with Crippen LogP contribution in [0.25, 0.3) is 0 Å². The lowest BCUT2D eigenvalue weighted by Crippen LogP contribution is -2.11. The van der Waals surface area contributed by atoms with Crippen LogP contribution < -0.4 is 4.74 Å². The van der Waals surface area contributed by atoms with Gasteiger partial charge in [0.25, 0.3) is 0 Å². The highest BCUT2D eigenvalue weighted by Gasteiger charge is 2.17.